The predicted molar refractivity (Wildman–Crippen MR) is 75.1 cm³/mol. The van der Waals surface area contributed by atoms with Crippen molar-refractivity contribution >= 4 is 5.97 Å². The molecule has 1 rings (SSSR count). The maximum Gasteiger partial charge on any atom is 0.320 e. The van der Waals surface area contributed by atoms with Gasteiger partial charge in [-0.2, -0.15) is 5.10 Å². The molecule has 1 unspecified atom stereocenters. The SMILES string of the molecule is CCCC(NCc1cn(C)nc1C(C)(C)C)C(=O)O. The molecule has 0 bridgehead atoms. The fourth-order valence-electron chi connectivity index (χ4n) is 2.13. The number of aromatic nitrogens is 2. The monoisotopic (exact) mass is 267 g/mol. The van der Waals surface area contributed by atoms with Gasteiger partial charge in [0, 0.05) is 30.8 Å². The molecule has 0 aliphatic carbocycles. The van der Waals surface area contributed by atoms with Crippen LogP contribution in [0.3, 0.4) is 0 Å². The molecular weight excluding hydrogens is 242 g/mol. The van der Waals surface area contributed by atoms with Crippen LogP contribution in [0.25, 0.3) is 0 Å². The van der Waals surface area contributed by atoms with Gasteiger partial charge < -0.3 is 10.4 Å². The third-order valence-corrected chi connectivity index (χ3v) is 3.03. The molecular formula is C14H25N3O2. The molecule has 5 heteroatoms. The molecule has 5 nitrogen and oxygen atoms in total. The van der Waals surface area contributed by atoms with Gasteiger partial charge in [-0.3, -0.25) is 9.48 Å². The highest BCUT2D eigenvalue weighted by molar-refractivity contribution is 5.73. The molecule has 108 valence electrons. The summed E-state index contributed by atoms with van der Waals surface area (Å²) in [5.74, 6) is -0.789. The molecule has 1 aromatic heterocycles. The molecule has 0 aromatic carbocycles. The molecule has 1 heterocycles. The number of nitrogens with one attached hydrogen (secondary N) is 1. The number of aliphatic carboxylic acids is 1. The van der Waals surface area contributed by atoms with Crippen LogP contribution >= 0.6 is 0 Å². The zero-order valence-electron chi connectivity index (χ0n) is 12.5. The number of rotatable bonds is 6. The fraction of sp³-hybridized carbons (Fsp3) is 0.714. The van der Waals surface area contributed by atoms with Crippen LogP contribution in [0.15, 0.2) is 6.20 Å². The summed E-state index contributed by atoms with van der Waals surface area (Å²) in [6, 6.07) is -0.488. The van der Waals surface area contributed by atoms with Crippen LogP contribution in [-0.4, -0.2) is 26.9 Å². The van der Waals surface area contributed by atoms with Gasteiger partial charge in [-0.15, -0.1) is 0 Å². The lowest BCUT2D eigenvalue weighted by Gasteiger charge is -2.19. The van der Waals surface area contributed by atoms with Crippen LogP contribution < -0.4 is 5.32 Å². The van der Waals surface area contributed by atoms with Crippen molar-refractivity contribution in [3.63, 3.8) is 0 Å². The molecule has 1 aromatic rings. The van der Waals surface area contributed by atoms with E-state index in [1.54, 1.807) is 4.68 Å². The molecule has 19 heavy (non-hydrogen) atoms. The third-order valence-electron chi connectivity index (χ3n) is 3.03. The number of hydrogen-bond donors (Lipinski definition) is 2. The normalized spacial score (nSPS) is 13.5. The van der Waals surface area contributed by atoms with Crippen molar-refractivity contribution in [1.82, 2.24) is 15.1 Å². The Hall–Kier alpha value is -1.36. The van der Waals surface area contributed by atoms with Crippen LogP contribution in [0.2, 0.25) is 0 Å². The summed E-state index contributed by atoms with van der Waals surface area (Å²) in [5.41, 5.74) is 2.04. The van der Waals surface area contributed by atoms with Crippen molar-refractivity contribution in [3.8, 4) is 0 Å². The van der Waals surface area contributed by atoms with Gasteiger partial charge in [-0.25, -0.2) is 0 Å². The molecule has 0 aliphatic rings. The quantitative estimate of drug-likeness (QED) is 0.828. The van der Waals surface area contributed by atoms with Crippen LogP contribution in [0, 0.1) is 0 Å². The minimum absolute atomic E-state index is 0.0399. The molecule has 2 N–H and O–H groups in total. The Balaban J connectivity index is 2.79. The first kappa shape index (κ1) is 15.7. The summed E-state index contributed by atoms with van der Waals surface area (Å²) in [6.07, 6.45) is 3.45. The van der Waals surface area contributed by atoms with E-state index in [1.807, 2.05) is 20.2 Å². The maximum atomic E-state index is 11.1. The van der Waals surface area contributed by atoms with Gasteiger partial charge in [0.15, 0.2) is 0 Å². The van der Waals surface area contributed by atoms with Gasteiger partial charge in [-0.05, 0) is 6.42 Å². The minimum atomic E-state index is -0.789. The van der Waals surface area contributed by atoms with Crippen molar-refractivity contribution in [2.24, 2.45) is 7.05 Å². The second kappa shape index (κ2) is 6.19. The zero-order chi connectivity index (χ0) is 14.6. The Labute approximate surface area is 115 Å². The van der Waals surface area contributed by atoms with E-state index in [1.165, 1.54) is 0 Å². The van der Waals surface area contributed by atoms with E-state index in [9.17, 15) is 4.79 Å². The van der Waals surface area contributed by atoms with Gasteiger partial charge in [-0.1, -0.05) is 34.1 Å². The highest BCUT2D eigenvalue weighted by Crippen LogP contribution is 2.24. The molecule has 0 spiro atoms. The van der Waals surface area contributed by atoms with E-state index in [-0.39, 0.29) is 5.41 Å². The summed E-state index contributed by atoms with van der Waals surface area (Å²) < 4.78 is 1.78. The van der Waals surface area contributed by atoms with E-state index in [0.29, 0.717) is 13.0 Å². The van der Waals surface area contributed by atoms with Gasteiger partial charge in [0.1, 0.15) is 6.04 Å². The standard InChI is InChI=1S/C14H25N3O2/c1-6-7-11(13(18)19)15-8-10-9-17(5)16-12(10)14(2,3)4/h9,11,15H,6-8H2,1-5H3,(H,18,19). The van der Waals surface area contributed by atoms with Crippen molar-refractivity contribution in [2.75, 3.05) is 0 Å². The summed E-state index contributed by atoms with van der Waals surface area (Å²) >= 11 is 0. The summed E-state index contributed by atoms with van der Waals surface area (Å²) in [5, 5.41) is 16.7. The molecule has 0 fully saturated rings. The van der Waals surface area contributed by atoms with Crippen molar-refractivity contribution < 1.29 is 9.90 Å². The van der Waals surface area contributed by atoms with Crippen LogP contribution in [-0.2, 0) is 23.8 Å². The van der Waals surface area contributed by atoms with E-state index in [4.69, 9.17) is 5.11 Å². The molecule has 1 atom stereocenters. The Bertz CT molecular complexity index is 432. The number of nitrogens with zero attached hydrogens (tertiary/aromatic N) is 2. The highest BCUT2D eigenvalue weighted by Gasteiger charge is 2.23. The number of hydrogen-bond acceptors (Lipinski definition) is 3. The summed E-state index contributed by atoms with van der Waals surface area (Å²) in [4.78, 5) is 11.1. The Morgan fingerprint density at radius 3 is 2.63 bits per heavy atom. The maximum absolute atomic E-state index is 11.1. The zero-order valence-corrected chi connectivity index (χ0v) is 12.5. The summed E-state index contributed by atoms with van der Waals surface area (Å²) in [7, 11) is 1.89. The minimum Gasteiger partial charge on any atom is -0.480 e. The van der Waals surface area contributed by atoms with E-state index in [0.717, 1.165) is 17.7 Å². The first-order valence-corrected chi connectivity index (χ1v) is 6.75. The highest BCUT2D eigenvalue weighted by atomic mass is 16.4. The van der Waals surface area contributed by atoms with Crippen molar-refractivity contribution in [2.45, 2.75) is 58.5 Å². The van der Waals surface area contributed by atoms with Gasteiger partial charge >= 0.3 is 5.97 Å². The Kier molecular flexibility index (Phi) is 5.11. The lowest BCUT2D eigenvalue weighted by Crippen LogP contribution is -2.36. The van der Waals surface area contributed by atoms with Crippen molar-refractivity contribution in [3.05, 3.63) is 17.5 Å². The van der Waals surface area contributed by atoms with E-state index in [2.05, 4.69) is 31.2 Å². The largest absolute Gasteiger partial charge is 0.480 e. The molecule has 0 radical (unpaired) electrons. The fourth-order valence-corrected chi connectivity index (χ4v) is 2.13. The molecule has 0 aliphatic heterocycles. The van der Waals surface area contributed by atoms with Gasteiger partial charge in [0.2, 0.25) is 0 Å². The second-order valence-electron chi connectivity index (χ2n) is 5.99. The van der Waals surface area contributed by atoms with E-state index < -0.39 is 12.0 Å². The van der Waals surface area contributed by atoms with Crippen molar-refractivity contribution in [1.29, 1.82) is 0 Å². The van der Waals surface area contributed by atoms with Crippen LogP contribution in [0.5, 0.6) is 0 Å². The number of aryl methyl sites for hydroxylation is 1. The second-order valence-corrected chi connectivity index (χ2v) is 5.99. The topological polar surface area (TPSA) is 67.2 Å². The first-order valence-electron chi connectivity index (χ1n) is 6.75. The van der Waals surface area contributed by atoms with Crippen LogP contribution in [0.1, 0.15) is 51.8 Å². The van der Waals surface area contributed by atoms with Gasteiger partial charge in [0.05, 0.1) is 5.69 Å². The molecule has 0 amide bonds. The predicted octanol–water partition coefficient (Wildman–Crippen LogP) is 2.06. The smallest absolute Gasteiger partial charge is 0.320 e. The number of carboxylic acid groups (broad SMARTS) is 1. The molecule has 0 saturated carbocycles. The van der Waals surface area contributed by atoms with E-state index >= 15 is 0 Å². The van der Waals surface area contributed by atoms with Gasteiger partial charge in [0.25, 0.3) is 0 Å². The Morgan fingerprint density at radius 2 is 2.16 bits per heavy atom. The Morgan fingerprint density at radius 1 is 1.53 bits per heavy atom. The number of carboxylic acids is 1. The summed E-state index contributed by atoms with van der Waals surface area (Å²) in [6.45, 7) is 8.86. The average Bonchev–Trinajstić information content (AvgIpc) is 2.65. The lowest BCUT2D eigenvalue weighted by atomic mass is 9.89. The average molecular weight is 267 g/mol. The number of carbonyl (C=O) groups is 1. The molecule has 0 saturated heterocycles. The first-order chi connectivity index (χ1) is 8.75. The lowest BCUT2D eigenvalue weighted by molar-refractivity contribution is -0.139. The third kappa shape index (κ3) is 4.35. The van der Waals surface area contributed by atoms with Crippen LogP contribution in [0.4, 0.5) is 0 Å².